The largest absolute Gasteiger partial charge is 0.394 e. The Labute approximate surface area is 176 Å². The molecule has 4 N–H and O–H groups in total. The van der Waals surface area contributed by atoms with Crippen molar-refractivity contribution in [2.75, 3.05) is 18.5 Å². The number of hydrogen-bond acceptors (Lipinski definition) is 4. The fraction of sp³-hybridized carbons (Fsp3) is 0.619. The minimum absolute atomic E-state index is 0.0370. The fourth-order valence-corrected chi connectivity index (χ4v) is 4.29. The number of amides is 3. The number of anilines is 1. The van der Waals surface area contributed by atoms with Crippen molar-refractivity contribution in [1.82, 2.24) is 10.6 Å². The second kappa shape index (κ2) is 10.8. The highest BCUT2D eigenvalue weighted by Gasteiger charge is 2.32. The number of urea groups is 1. The topological polar surface area (TPSA) is 99.7 Å². The molecule has 1 saturated carbocycles. The molecule has 3 rings (SSSR count). The Kier molecular flexibility index (Phi) is 8.15. The number of nitrogens with one attached hydrogen (secondary N) is 3. The predicted octanol–water partition coefficient (Wildman–Crippen LogP) is 3.07. The summed E-state index contributed by atoms with van der Waals surface area (Å²) in [7, 11) is 0. The first-order chi connectivity index (χ1) is 14.0. The summed E-state index contributed by atoms with van der Waals surface area (Å²) in [6.45, 7) is 0.401. The maximum atomic E-state index is 12.3. The molecule has 29 heavy (non-hydrogen) atoms. The summed E-state index contributed by atoms with van der Waals surface area (Å²) >= 11 is 5.93. The highest BCUT2D eigenvalue weighted by molar-refractivity contribution is 6.30. The Morgan fingerprint density at radius 2 is 1.97 bits per heavy atom. The molecule has 0 bridgehead atoms. The maximum Gasteiger partial charge on any atom is 0.319 e. The molecule has 0 aromatic heterocycles. The van der Waals surface area contributed by atoms with Gasteiger partial charge in [-0.15, -0.1) is 0 Å². The van der Waals surface area contributed by atoms with Crippen LogP contribution in [0.3, 0.4) is 0 Å². The molecule has 1 heterocycles. The first-order valence-corrected chi connectivity index (χ1v) is 10.8. The molecule has 7 nitrogen and oxygen atoms in total. The average Bonchev–Trinajstić information content (AvgIpc) is 3.24. The van der Waals surface area contributed by atoms with Crippen LogP contribution in [0.1, 0.15) is 44.9 Å². The summed E-state index contributed by atoms with van der Waals surface area (Å²) in [5, 5.41) is 18.9. The van der Waals surface area contributed by atoms with Crippen molar-refractivity contribution in [3.8, 4) is 0 Å². The van der Waals surface area contributed by atoms with Gasteiger partial charge in [-0.3, -0.25) is 4.79 Å². The minimum Gasteiger partial charge on any atom is -0.394 e. The lowest BCUT2D eigenvalue weighted by atomic mass is 9.97. The molecule has 1 aromatic rings. The number of halogens is 1. The highest BCUT2D eigenvalue weighted by atomic mass is 35.5. The number of carbonyl (C=O) groups is 2. The van der Waals surface area contributed by atoms with Gasteiger partial charge in [0.25, 0.3) is 0 Å². The number of aliphatic hydroxyl groups is 1. The normalized spacial score (nSPS) is 24.8. The van der Waals surface area contributed by atoms with E-state index in [1.165, 1.54) is 0 Å². The number of rotatable bonds is 7. The summed E-state index contributed by atoms with van der Waals surface area (Å²) in [6, 6.07) is 6.27. The lowest BCUT2D eigenvalue weighted by Gasteiger charge is -2.36. The van der Waals surface area contributed by atoms with E-state index in [1.807, 2.05) is 0 Å². The van der Waals surface area contributed by atoms with Crippen LogP contribution >= 0.6 is 11.6 Å². The number of hydrogen-bond donors (Lipinski definition) is 4. The van der Waals surface area contributed by atoms with E-state index in [9.17, 15) is 14.7 Å². The van der Waals surface area contributed by atoms with Gasteiger partial charge in [-0.2, -0.15) is 0 Å². The van der Waals surface area contributed by atoms with Gasteiger partial charge in [0.1, 0.15) is 6.10 Å². The van der Waals surface area contributed by atoms with E-state index in [-0.39, 0.29) is 36.6 Å². The zero-order valence-corrected chi connectivity index (χ0v) is 17.3. The second-order valence-corrected chi connectivity index (χ2v) is 8.27. The van der Waals surface area contributed by atoms with Crippen molar-refractivity contribution >= 4 is 29.2 Å². The van der Waals surface area contributed by atoms with Gasteiger partial charge < -0.3 is 25.8 Å². The Morgan fingerprint density at radius 3 is 2.69 bits per heavy atom. The Morgan fingerprint density at radius 1 is 1.17 bits per heavy atom. The highest BCUT2D eigenvalue weighted by Crippen LogP contribution is 2.25. The Hall–Kier alpha value is -1.83. The van der Waals surface area contributed by atoms with E-state index in [0.717, 1.165) is 32.1 Å². The minimum atomic E-state index is -0.468. The molecule has 3 atom stereocenters. The monoisotopic (exact) mass is 423 g/mol. The number of aliphatic hydroxyl groups excluding tert-OH is 1. The van der Waals surface area contributed by atoms with Crippen LogP contribution in [0, 0.1) is 5.92 Å². The van der Waals surface area contributed by atoms with Crippen LogP contribution in [-0.2, 0) is 9.53 Å². The third kappa shape index (κ3) is 6.59. The quantitative estimate of drug-likeness (QED) is 0.541. The van der Waals surface area contributed by atoms with Crippen LogP contribution in [0.4, 0.5) is 10.5 Å². The SMILES string of the molecule is O=C(Nc1cccc(Cl)c1)N[C@H]1CC[C@H](CCNC(=O)C2CCCC2)O[C@H]1CO. The van der Waals surface area contributed by atoms with Crippen molar-refractivity contribution in [1.29, 1.82) is 0 Å². The molecule has 0 spiro atoms. The van der Waals surface area contributed by atoms with Gasteiger partial charge in [-0.05, 0) is 50.3 Å². The second-order valence-electron chi connectivity index (χ2n) is 7.83. The number of benzene rings is 1. The van der Waals surface area contributed by atoms with Gasteiger partial charge in [0.2, 0.25) is 5.91 Å². The summed E-state index contributed by atoms with van der Waals surface area (Å²) in [5.74, 6) is 0.313. The molecule has 0 unspecified atom stereocenters. The van der Waals surface area contributed by atoms with Crippen LogP contribution in [-0.4, -0.2) is 48.4 Å². The molecule has 1 saturated heterocycles. The molecule has 2 fully saturated rings. The third-order valence-corrected chi connectivity index (χ3v) is 5.92. The van der Waals surface area contributed by atoms with E-state index in [0.29, 0.717) is 30.1 Å². The molecule has 1 aliphatic carbocycles. The maximum absolute atomic E-state index is 12.3. The van der Waals surface area contributed by atoms with Crippen molar-refractivity contribution in [2.24, 2.45) is 5.92 Å². The summed E-state index contributed by atoms with van der Waals surface area (Å²) < 4.78 is 5.96. The number of carbonyl (C=O) groups excluding carboxylic acids is 2. The van der Waals surface area contributed by atoms with E-state index < -0.39 is 6.10 Å². The summed E-state index contributed by atoms with van der Waals surface area (Å²) in [5.41, 5.74) is 0.600. The molecular formula is C21H30ClN3O4. The van der Waals surface area contributed by atoms with Gasteiger partial charge in [-0.1, -0.05) is 30.5 Å². The zero-order chi connectivity index (χ0) is 20.6. The predicted molar refractivity (Wildman–Crippen MR) is 112 cm³/mol. The van der Waals surface area contributed by atoms with Gasteiger partial charge in [-0.25, -0.2) is 4.79 Å². The van der Waals surface area contributed by atoms with Gasteiger partial charge in [0, 0.05) is 23.2 Å². The molecule has 1 aliphatic heterocycles. The molecule has 1 aromatic carbocycles. The average molecular weight is 424 g/mol. The summed E-state index contributed by atoms with van der Waals surface area (Å²) in [4.78, 5) is 24.4. The van der Waals surface area contributed by atoms with Gasteiger partial charge in [0.15, 0.2) is 0 Å². The Bertz CT molecular complexity index is 696. The zero-order valence-electron chi connectivity index (χ0n) is 16.5. The fourth-order valence-electron chi connectivity index (χ4n) is 4.10. The van der Waals surface area contributed by atoms with E-state index in [1.54, 1.807) is 24.3 Å². The molecule has 3 amide bonds. The molecule has 2 aliphatic rings. The lowest BCUT2D eigenvalue weighted by Crippen LogP contribution is -2.52. The smallest absolute Gasteiger partial charge is 0.319 e. The van der Waals surface area contributed by atoms with E-state index in [2.05, 4.69) is 16.0 Å². The first kappa shape index (κ1) is 21.9. The molecule has 0 radical (unpaired) electrons. The van der Waals surface area contributed by atoms with Crippen LogP contribution in [0.2, 0.25) is 5.02 Å². The van der Waals surface area contributed by atoms with Gasteiger partial charge >= 0.3 is 6.03 Å². The van der Waals surface area contributed by atoms with Crippen molar-refractivity contribution in [3.63, 3.8) is 0 Å². The first-order valence-electron chi connectivity index (χ1n) is 10.4. The van der Waals surface area contributed by atoms with E-state index >= 15 is 0 Å². The van der Waals surface area contributed by atoms with Crippen LogP contribution in [0.15, 0.2) is 24.3 Å². The third-order valence-electron chi connectivity index (χ3n) is 5.69. The van der Waals surface area contributed by atoms with Gasteiger partial charge in [0.05, 0.1) is 18.8 Å². The molecule has 8 heteroatoms. The van der Waals surface area contributed by atoms with Crippen LogP contribution in [0.25, 0.3) is 0 Å². The lowest BCUT2D eigenvalue weighted by molar-refractivity contribution is -0.125. The standard InChI is InChI=1S/C21H30ClN3O4/c22-15-6-3-7-16(12-15)24-21(28)25-18-9-8-17(29-19(18)13-26)10-11-23-20(27)14-4-1-2-5-14/h3,6-7,12,14,17-19,26H,1-2,4-5,8-11,13H2,(H,23,27)(H2,24,25,28)/t17-,18+,19+/m1/s1. The van der Waals surface area contributed by atoms with Crippen molar-refractivity contribution in [3.05, 3.63) is 29.3 Å². The summed E-state index contributed by atoms with van der Waals surface area (Å²) in [6.07, 6.45) is 5.92. The number of ether oxygens (including phenoxy) is 1. The van der Waals surface area contributed by atoms with Crippen molar-refractivity contribution < 1.29 is 19.4 Å². The van der Waals surface area contributed by atoms with E-state index in [4.69, 9.17) is 16.3 Å². The molecular weight excluding hydrogens is 394 g/mol. The van der Waals surface area contributed by atoms with Crippen molar-refractivity contribution in [2.45, 2.75) is 63.2 Å². The Balaban J connectivity index is 1.40. The van der Waals surface area contributed by atoms with Crippen LogP contribution < -0.4 is 16.0 Å². The van der Waals surface area contributed by atoms with Crippen LogP contribution in [0.5, 0.6) is 0 Å². The molecule has 160 valence electrons.